The zero-order chi connectivity index (χ0) is 21.1. The van der Waals surface area contributed by atoms with E-state index in [9.17, 15) is 9.59 Å². The number of hydrogen-bond donors (Lipinski definition) is 3. The van der Waals surface area contributed by atoms with Gasteiger partial charge in [0.25, 0.3) is 0 Å². The highest BCUT2D eigenvalue weighted by atomic mass is 35.5. The molecule has 8 unspecified atom stereocenters. The highest BCUT2D eigenvalue weighted by Gasteiger charge is 2.43. The smallest absolute Gasteiger partial charge is 0.225 e. The summed E-state index contributed by atoms with van der Waals surface area (Å²) in [6.07, 6.45) is 3.78. The van der Waals surface area contributed by atoms with Gasteiger partial charge in [-0.15, -0.1) is 11.6 Å². The van der Waals surface area contributed by atoms with E-state index in [0.29, 0.717) is 18.6 Å². The molecule has 3 fully saturated rings. The van der Waals surface area contributed by atoms with Crippen LogP contribution in [0.2, 0.25) is 0 Å². The van der Waals surface area contributed by atoms with Crippen LogP contribution in [-0.2, 0) is 9.59 Å². The minimum Gasteiger partial charge on any atom is -0.355 e. The summed E-state index contributed by atoms with van der Waals surface area (Å²) < 4.78 is 0. The van der Waals surface area contributed by atoms with E-state index in [1.165, 1.54) is 0 Å². The van der Waals surface area contributed by atoms with Crippen LogP contribution in [0.25, 0.3) is 0 Å². The number of nitrogens with one attached hydrogen (secondary N) is 3. The van der Waals surface area contributed by atoms with Crippen LogP contribution in [0.15, 0.2) is 0 Å². The van der Waals surface area contributed by atoms with E-state index in [2.05, 4.69) is 41.6 Å². The summed E-state index contributed by atoms with van der Waals surface area (Å²) in [5.41, 5.74) is 0. The third kappa shape index (κ3) is 5.26. The van der Waals surface area contributed by atoms with Crippen molar-refractivity contribution < 1.29 is 9.59 Å². The zero-order valence-corrected chi connectivity index (χ0v) is 19.2. The Hall–Kier alpha value is -0.850. The van der Waals surface area contributed by atoms with Crippen molar-refractivity contribution in [3.8, 4) is 0 Å². The normalized spacial score (nSPS) is 40.7. The predicted molar refractivity (Wildman–Crippen MR) is 117 cm³/mol. The molecule has 166 valence electrons. The third-order valence-corrected chi connectivity index (χ3v) is 7.87. The van der Waals surface area contributed by atoms with E-state index in [4.69, 9.17) is 11.6 Å². The Labute approximate surface area is 180 Å². The van der Waals surface area contributed by atoms with Crippen LogP contribution >= 0.6 is 11.6 Å². The first-order valence-corrected chi connectivity index (χ1v) is 11.9. The molecular weight excluding hydrogens is 388 g/mol. The second-order valence-corrected chi connectivity index (χ2v) is 10.2. The topological polar surface area (TPSA) is 73.5 Å². The molecule has 2 amide bonds. The van der Waals surface area contributed by atoms with Gasteiger partial charge in [-0.2, -0.15) is 0 Å². The Balaban J connectivity index is 1.62. The lowest BCUT2D eigenvalue weighted by Crippen LogP contribution is -2.55. The highest BCUT2D eigenvalue weighted by Crippen LogP contribution is 2.37. The van der Waals surface area contributed by atoms with E-state index in [1.807, 2.05) is 6.92 Å². The first-order chi connectivity index (χ1) is 13.8. The Bertz CT molecular complexity index is 583. The van der Waals surface area contributed by atoms with Crippen LogP contribution in [-0.4, -0.2) is 66.4 Å². The zero-order valence-electron chi connectivity index (χ0n) is 18.4. The Kier molecular flexibility index (Phi) is 7.85. The van der Waals surface area contributed by atoms with Crippen molar-refractivity contribution in [3.05, 3.63) is 0 Å². The van der Waals surface area contributed by atoms with Crippen molar-refractivity contribution >= 4 is 23.4 Å². The number of carbonyl (C=O) groups excluding carboxylic acids is 2. The van der Waals surface area contributed by atoms with Gasteiger partial charge in [-0.3, -0.25) is 14.5 Å². The largest absolute Gasteiger partial charge is 0.355 e. The number of nitrogens with zero attached hydrogens (tertiary/aromatic N) is 1. The molecule has 0 aromatic heterocycles. The molecule has 0 radical (unpaired) electrons. The van der Waals surface area contributed by atoms with Crippen LogP contribution in [0, 0.1) is 23.7 Å². The van der Waals surface area contributed by atoms with E-state index < -0.39 is 0 Å². The summed E-state index contributed by atoms with van der Waals surface area (Å²) in [4.78, 5) is 28.0. The SMILES string of the molecule is CCN(C1CCNC1)C1CC(Cl)CC(C(=O)NCC2C(=O)NC(C)CC2C)C1C. The van der Waals surface area contributed by atoms with Gasteiger partial charge in [0.15, 0.2) is 0 Å². The van der Waals surface area contributed by atoms with E-state index in [0.717, 1.165) is 45.3 Å². The molecule has 3 N–H and O–H groups in total. The van der Waals surface area contributed by atoms with Gasteiger partial charge in [-0.25, -0.2) is 0 Å². The van der Waals surface area contributed by atoms with Gasteiger partial charge >= 0.3 is 0 Å². The second-order valence-electron chi connectivity index (χ2n) is 9.55. The number of likely N-dealkylation sites (N-methyl/N-ethyl adjacent to an activating group) is 1. The molecule has 1 aliphatic carbocycles. The van der Waals surface area contributed by atoms with E-state index in [-0.39, 0.29) is 46.9 Å². The summed E-state index contributed by atoms with van der Waals surface area (Å²) >= 11 is 6.65. The molecule has 0 spiro atoms. The minimum absolute atomic E-state index is 0.0214. The number of amides is 2. The Morgan fingerprint density at radius 2 is 2.00 bits per heavy atom. The van der Waals surface area contributed by atoms with Crippen LogP contribution in [0.5, 0.6) is 0 Å². The van der Waals surface area contributed by atoms with Gasteiger partial charge in [0.2, 0.25) is 11.8 Å². The number of carbonyl (C=O) groups is 2. The van der Waals surface area contributed by atoms with Crippen molar-refractivity contribution in [2.45, 2.75) is 76.9 Å². The average Bonchev–Trinajstić information content (AvgIpc) is 3.18. The summed E-state index contributed by atoms with van der Waals surface area (Å²) in [6.45, 7) is 12.1. The molecule has 2 aliphatic heterocycles. The maximum atomic E-state index is 13.1. The molecule has 1 saturated carbocycles. The standard InChI is InChI=1S/C22H39ClN4O2/c1-5-27(17-6-7-24-11-17)20-10-16(23)9-18(15(20)4)21(28)25-12-19-13(2)8-14(3)26-22(19)29/h13-20,24H,5-12H2,1-4H3,(H,25,28)(H,26,29). The molecule has 7 heteroatoms. The van der Waals surface area contributed by atoms with Crippen molar-refractivity contribution in [3.63, 3.8) is 0 Å². The number of hydrogen-bond acceptors (Lipinski definition) is 4. The van der Waals surface area contributed by atoms with Gasteiger partial charge < -0.3 is 16.0 Å². The van der Waals surface area contributed by atoms with Crippen molar-refractivity contribution in [2.75, 3.05) is 26.2 Å². The molecule has 29 heavy (non-hydrogen) atoms. The lowest BCUT2D eigenvalue weighted by atomic mass is 9.75. The van der Waals surface area contributed by atoms with Crippen molar-refractivity contribution in [2.24, 2.45) is 23.7 Å². The number of rotatable bonds is 6. The number of alkyl halides is 1. The Morgan fingerprint density at radius 1 is 1.24 bits per heavy atom. The fourth-order valence-electron chi connectivity index (χ4n) is 5.83. The predicted octanol–water partition coefficient (Wildman–Crippen LogP) is 1.97. The first-order valence-electron chi connectivity index (χ1n) is 11.5. The second kappa shape index (κ2) is 9.97. The van der Waals surface area contributed by atoms with Gasteiger partial charge in [0, 0.05) is 42.5 Å². The van der Waals surface area contributed by atoms with Crippen molar-refractivity contribution in [1.29, 1.82) is 0 Å². The maximum Gasteiger partial charge on any atom is 0.225 e. The number of piperidine rings is 1. The lowest BCUT2D eigenvalue weighted by Gasteiger charge is -2.45. The molecule has 3 rings (SSSR count). The molecule has 3 aliphatic rings. The fourth-order valence-corrected chi connectivity index (χ4v) is 6.20. The van der Waals surface area contributed by atoms with E-state index in [1.54, 1.807) is 0 Å². The minimum atomic E-state index is -0.145. The van der Waals surface area contributed by atoms with Crippen LogP contribution in [0.4, 0.5) is 0 Å². The molecule has 0 aromatic carbocycles. The summed E-state index contributed by atoms with van der Waals surface area (Å²) in [6, 6.07) is 1.08. The van der Waals surface area contributed by atoms with Gasteiger partial charge in [0.1, 0.15) is 0 Å². The fraction of sp³-hybridized carbons (Fsp3) is 0.909. The average molecular weight is 427 g/mol. The molecule has 0 bridgehead atoms. The molecule has 8 atom stereocenters. The quantitative estimate of drug-likeness (QED) is 0.568. The van der Waals surface area contributed by atoms with Crippen LogP contribution in [0.3, 0.4) is 0 Å². The number of halogens is 1. The van der Waals surface area contributed by atoms with E-state index >= 15 is 0 Å². The van der Waals surface area contributed by atoms with Gasteiger partial charge in [-0.05, 0) is 57.5 Å². The molecule has 0 aromatic rings. The van der Waals surface area contributed by atoms with Crippen LogP contribution < -0.4 is 16.0 Å². The monoisotopic (exact) mass is 426 g/mol. The summed E-state index contributed by atoms with van der Waals surface area (Å²) in [5.74, 6) is 0.415. The van der Waals surface area contributed by atoms with Gasteiger partial charge in [0.05, 0.1) is 5.92 Å². The third-order valence-electron chi connectivity index (χ3n) is 7.51. The van der Waals surface area contributed by atoms with Crippen LogP contribution in [0.1, 0.15) is 53.4 Å². The highest BCUT2D eigenvalue weighted by molar-refractivity contribution is 6.20. The Morgan fingerprint density at radius 3 is 2.62 bits per heavy atom. The summed E-state index contributed by atoms with van der Waals surface area (Å²) in [5, 5.41) is 9.61. The first kappa shape index (κ1) is 22.8. The van der Waals surface area contributed by atoms with Crippen molar-refractivity contribution in [1.82, 2.24) is 20.9 Å². The molecule has 6 nitrogen and oxygen atoms in total. The lowest BCUT2D eigenvalue weighted by molar-refractivity contribution is -0.132. The maximum absolute atomic E-state index is 13.1. The summed E-state index contributed by atoms with van der Waals surface area (Å²) in [7, 11) is 0. The van der Waals surface area contributed by atoms with Gasteiger partial charge in [-0.1, -0.05) is 20.8 Å². The molecule has 2 saturated heterocycles. The molecule has 2 heterocycles. The molecular formula is C22H39ClN4O2.